The van der Waals surface area contributed by atoms with Crippen LogP contribution in [0.25, 0.3) is 0 Å². The molecule has 2 rings (SSSR count). The molecule has 0 aliphatic rings. The van der Waals surface area contributed by atoms with E-state index in [9.17, 15) is 0 Å². The summed E-state index contributed by atoms with van der Waals surface area (Å²) in [5, 5.41) is 6.71. The third-order valence-electron chi connectivity index (χ3n) is 4.12. The summed E-state index contributed by atoms with van der Waals surface area (Å²) in [4.78, 5) is 4.29. The minimum Gasteiger partial charge on any atom is -0.380 e. The third-order valence-corrected chi connectivity index (χ3v) is 4.12. The van der Waals surface area contributed by atoms with Crippen LogP contribution in [-0.2, 0) is 29.2 Å². The van der Waals surface area contributed by atoms with Gasteiger partial charge in [0.15, 0.2) is 5.96 Å². The highest BCUT2D eigenvalue weighted by molar-refractivity contribution is 14.0. The predicted octanol–water partition coefficient (Wildman–Crippen LogP) is 3.97. The summed E-state index contributed by atoms with van der Waals surface area (Å²) < 4.78 is 11.0. The van der Waals surface area contributed by atoms with Crippen LogP contribution in [0.5, 0.6) is 0 Å². The number of hydrogen-bond donors (Lipinski definition) is 2. The van der Waals surface area contributed by atoms with Crippen molar-refractivity contribution in [3.63, 3.8) is 0 Å². The number of rotatable bonds is 10. The standard InChI is InChI=1S/C22H31N3O2.HI/c1-18(15-27-17-19-8-5-4-6-9-19)13-24-22(23-2)25-14-20-10-7-11-21(12-20)16-26-3;/h4-12,18H,13-17H2,1-3H3,(H2,23,24,25);1H. The molecule has 28 heavy (non-hydrogen) atoms. The Bertz CT molecular complexity index is 695. The van der Waals surface area contributed by atoms with Crippen molar-refractivity contribution in [1.29, 1.82) is 0 Å². The lowest BCUT2D eigenvalue weighted by molar-refractivity contribution is 0.0931. The van der Waals surface area contributed by atoms with E-state index in [4.69, 9.17) is 9.47 Å². The maximum absolute atomic E-state index is 5.80. The zero-order valence-corrected chi connectivity index (χ0v) is 19.3. The van der Waals surface area contributed by atoms with E-state index in [1.54, 1.807) is 14.2 Å². The number of halogens is 1. The molecule has 0 spiro atoms. The first-order chi connectivity index (χ1) is 13.2. The summed E-state index contributed by atoms with van der Waals surface area (Å²) in [5.41, 5.74) is 3.57. The van der Waals surface area contributed by atoms with Crippen molar-refractivity contribution in [2.45, 2.75) is 26.7 Å². The highest BCUT2D eigenvalue weighted by Crippen LogP contribution is 2.06. The average molecular weight is 497 g/mol. The van der Waals surface area contributed by atoms with Gasteiger partial charge in [0.25, 0.3) is 0 Å². The van der Waals surface area contributed by atoms with Gasteiger partial charge in [-0.2, -0.15) is 0 Å². The zero-order chi connectivity index (χ0) is 19.3. The molecule has 0 bridgehead atoms. The Kier molecular flexibility index (Phi) is 12.5. The molecule has 0 radical (unpaired) electrons. The molecule has 6 heteroatoms. The second-order valence-corrected chi connectivity index (χ2v) is 6.67. The van der Waals surface area contributed by atoms with Crippen molar-refractivity contribution in [2.24, 2.45) is 10.9 Å². The fourth-order valence-corrected chi connectivity index (χ4v) is 2.68. The van der Waals surface area contributed by atoms with Crippen LogP contribution in [-0.4, -0.2) is 33.3 Å². The van der Waals surface area contributed by atoms with Crippen LogP contribution in [0.1, 0.15) is 23.6 Å². The average Bonchev–Trinajstić information content (AvgIpc) is 2.69. The maximum atomic E-state index is 5.80. The lowest BCUT2D eigenvalue weighted by Gasteiger charge is -2.16. The zero-order valence-electron chi connectivity index (χ0n) is 17.0. The summed E-state index contributed by atoms with van der Waals surface area (Å²) in [7, 11) is 3.49. The molecule has 0 aliphatic carbocycles. The van der Waals surface area contributed by atoms with Crippen molar-refractivity contribution in [3.05, 3.63) is 71.3 Å². The molecule has 154 valence electrons. The van der Waals surface area contributed by atoms with Crippen LogP contribution >= 0.6 is 24.0 Å². The molecule has 2 aromatic carbocycles. The van der Waals surface area contributed by atoms with E-state index in [1.807, 2.05) is 24.3 Å². The van der Waals surface area contributed by atoms with Crippen LogP contribution in [0.15, 0.2) is 59.6 Å². The third kappa shape index (κ3) is 9.52. The molecular weight excluding hydrogens is 465 g/mol. The van der Waals surface area contributed by atoms with E-state index < -0.39 is 0 Å². The van der Waals surface area contributed by atoms with Gasteiger partial charge in [-0.15, -0.1) is 24.0 Å². The first-order valence-electron chi connectivity index (χ1n) is 9.34. The van der Waals surface area contributed by atoms with Gasteiger partial charge in [0.05, 0.1) is 19.8 Å². The van der Waals surface area contributed by atoms with Gasteiger partial charge >= 0.3 is 0 Å². The van der Waals surface area contributed by atoms with Gasteiger partial charge in [0.1, 0.15) is 0 Å². The topological polar surface area (TPSA) is 54.9 Å². The number of benzene rings is 2. The van der Waals surface area contributed by atoms with Crippen molar-refractivity contribution >= 4 is 29.9 Å². The molecule has 0 saturated heterocycles. The highest BCUT2D eigenvalue weighted by Gasteiger charge is 2.05. The summed E-state index contributed by atoms with van der Waals surface area (Å²) in [6, 6.07) is 18.6. The van der Waals surface area contributed by atoms with Crippen LogP contribution < -0.4 is 10.6 Å². The van der Waals surface area contributed by atoms with E-state index in [2.05, 4.69) is 52.9 Å². The Morgan fingerprint density at radius 1 is 0.964 bits per heavy atom. The Balaban J connectivity index is 0.00000392. The Hall–Kier alpha value is -1.64. The van der Waals surface area contributed by atoms with Crippen molar-refractivity contribution < 1.29 is 9.47 Å². The molecule has 2 N–H and O–H groups in total. The highest BCUT2D eigenvalue weighted by atomic mass is 127. The lowest BCUT2D eigenvalue weighted by atomic mass is 10.1. The van der Waals surface area contributed by atoms with Crippen molar-refractivity contribution in [2.75, 3.05) is 27.3 Å². The first kappa shape index (κ1) is 24.4. The van der Waals surface area contributed by atoms with Crippen LogP contribution in [0.3, 0.4) is 0 Å². The number of hydrogen-bond acceptors (Lipinski definition) is 3. The quantitative estimate of drug-likeness (QED) is 0.297. The van der Waals surface area contributed by atoms with Crippen molar-refractivity contribution in [1.82, 2.24) is 10.6 Å². The Morgan fingerprint density at radius 2 is 1.68 bits per heavy atom. The first-order valence-corrected chi connectivity index (χ1v) is 9.34. The van der Waals surface area contributed by atoms with Crippen molar-refractivity contribution in [3.8, 4) is 0 Å². The summed E-state index contributed by atoms with van der Waals surface area (Å²) in [5.74, 6) is 1.18. The van der Waals surface area contributed by atoms with Gasteiger partial charge < -0.3 is 20.1 Å². The molecule has 0 heterocycles. The number of nitrogens with zero attached hydrogens (tertiary/aromatic N) is 1. The van der Waals surface area contributed by atoms with Crippen LogP contribution in [0.2, 0.25) is 0 Å². The molecule has 0 fully saturated rings. The minimum atomic E-state index is 0. The van der Waals surface area contributed by atoms with Gasteiger partial charge in [-0.1, -0.05) is 61.5 Å². The molecule has 1 atom stereocenters. The lowest BCUT2D eigenvalue weighted by Crippen LogP contribution is -2.39. The number of aliphatic imine (C=N–C) groups is 1. The fourth-order valence-electron chi connectivity index (χ4n) is 2.68. The van der Waals surface area contributed by atoms with E-state index in [-0.39, 0.29) is 24.0 Å². The number of ether oxygens (including phenoxy) is 2. The maximum Gasteiger partial charge on any atom is 0.191 e. The second-order valence-electron chi connectivity index (χ2n) is 6.67. The van der Waals surface area contributed by atoms with Gasteiger partial charge in [-0.3, -0.25) is 4.99 Å². The van der Waals surface area contributed by atoms with Gasteiger partial charge in [-0.05, 0) is 22.6 Å². The number of nitrogens with one attached hydrogen (secondary N) is 2. The predicted molar refractivity (Wildman–Crippen MR) is 126 cm³/mol. The van der Waals surface area contributed by atoms with E-state index in [0.29, 0.717) is 25.7 Å². The normalized spacial score (nSPS) is 12.2. The smallest absolute Gasteiger partial charge is 0.191 e. The molecular formula is C22H32IN3O2. The van der Waals surface area contributed by atoms with Gasteiger partial charge in [0.2, 0.25) is 0 Å². The van der Waals surface area contributed by atoms with E-state index in [1.165, 1.54) is 16.7 Å². The number of guanidine groups is 1. The summed E-state index contributed by atoms with van der Waals surface area (Å²) in [6.45, 7) is 5.67. The van der Waals surface area contributed by atoms with Crippen LogP contribution in [0.4, 0.5) is 0 Å². The molecule has 0 saturated carbocycles. The van der Waals surface area contributed by atoms with Gasteiger partial charge in [-0.25, -0.2) is 0 Å². The Morgan fingerprint density at radius 3 is 2.39 bits per heavy atom. The molecule has 2 aromatic rings. The molecule has 0 aromatic heterocycles. The Labute approximate surface area is 186 Å². The second kappa shape index (κ2) is 14.4. The van der Waals surface area contributed by atoms with E-state index in [0.717, 1.165) is 19.0 Å². The molecule has 1 unspecified atom stereocenters. The molecule has 0 amide bonds. The molecule has 5 nitrogen and oxygen atoms in total. The summed E-state index contributed by atoms with van der Waals surface area (Å²) >= 11 is 0. The minimum absolute atomic E-state index is 0. The fraction of sp³-hybridized carbons (Fsp3) is 0.409. The largest absolute Gasteiger partial charge is 0.380 e. The molecule has 0 aliphatic heterocycles. The SMILES string of the molecule is CN=C(NCc1cccc(COC)c1)NCC(C)COCc1ccccc1.I. The number of methoxy groups -OCH3 is 1. The van der Waals surface area contributed by atoms with E-state index >= 15 is 0 Å². The van der Waals surface area contributed by atoms with Crippen LogP contribution in [0, 0.1) is 5.92 Å². The summed E-state index contributed by atoms with van der Waals surface area (Å²) in [6.07, 6.45) is 0. The van der Waals surface area contributed by atoms with Gasteiger partial charge in [0, 0.05) is 27.2 Å². The monoisotopic (exact) mass is 497 g/mol.